The van der Waals surface area contributed by atoms with Crippen molar-refractivity contribution < 1.29 is 14.3 Å². The number of esters is 1. The molecule has 0 aromatic carbocycles. The Morgan fingerprint density at radius 3 is 2.90 bits per heavy atom. The molecule has 0 amide bonds. The van der Waals surface area contributed by atoms with Gasteiger partial charge in [0.2, 0.25) is 0 Å². The molecule has 1 heterocycles. The van der Waals surface area contributed by atoms with Crippen molar-refractivity contribution in [2.45, 2.75) is 52.2 Å². The zero-order valence-electron chi connectivity index (χ0n) is 12.6. The van der Waals surface area contributed by atoms with E-state index in [-0.39, 0.29) is 12.1 Å². The number of nitrogens with zero attached hydrogens (tertiary/aromatic N) is 2. The van der Waals surface area contributed by atoms with E-state index < -0.39 is 0 Å². The van der Waals surface area contributed by atoms with Crippen molar-refractivity contribution in [3.63, 3.8) is 0 Å². The lowest BCUT2D eigenvalue weighted by Gasteiger charge is -2.28. The summed E-state index contributed by atoms with van der Waals surface area (Å²) in [5, 5.41) is 4.14. The summed E-state index contributed by atoms with van der Waals surface area (Å²) in [5.41, 5.74) is 1.30. The number of rotatable bonds is 5. The third-order valence-corrected chi connectivity index (χ3v) is 4.02. The lowest BCUT2D eigenvalue weighted by molar-refractivity contribution is -0.0183. The van der Waals surface area contributed by atoms with Crippen molar-refractivity contribution in [2.75, 3.05) is 6.61 Å². The minimum atomic E-state index is -0.323. The molecule has 2 atom stereocenters. The average Bonchev–Trinajstić information content (AvgIpc) is 2.79. The van der Waals surface area contributed by atoms with Crippen molar-refractivity contribution in [1.82, 2.24) is 9.78 Å². The third kappa shape index (κ3) is 3.39. The predicted octanol–water partition coefficient (Wildman–Crippen LogP) is 2.69. The maximum absolute atomic E-state index is 11.9. The number of carbonyl (C=O) groups excluding carboxylic acids is 1. The number of ether oxygens (including phenoxy) is 2. The zero-order chi connectivity index (χ0) is 14.5. The van der Waals surface area contributed by atoms with Gasteiger partial charge in [-0.15, -0.1) is 0 Å². The molecule has 2 unspecified atom stereocenters. The van der Waals surface area contributed by atoms with Gasteiger partial charge in [-0.05, 0) is 25.7 Å². The average molecular weight is 280 g/mol. The van der Waals surface area contributed by atoms with Crippen LogP contribution in [0.25, 0.3) is 0 Å². The van der Waals surface area contributed by atoms with Gasteiger partial charge in [-0.25, -0.2) is 4.79 Å². The second-order valence-electron chi connectivity index (χ2n) is 5.46. The zero-order valence-corrected chi connectivity index (χ0v) is 12.6. The van der Waals surface area contributed by atoms with E-state index in [9.17, 15) is 4.79 Å². The fraction of sp³-hybridized carbons (Fsp3) is 0.733. The molecule has 0 radical (unpaired) electrons. The lowest BCUT2D eigenvalue weighted by atomic mass is 9.88. The van der Waals surface area contributed by atoms with Crippen LogP contribution in [-0.2, 0) is 23.1 Å². The summed E-state index contributed by atoms with van der Waals surface area (Å²) in [6.45, 7) is 4.82. The van der Waals surface area contributed by atoms with Gasteiger partial charge >= 0.3 is 5.97 Å². The van der Waals surface area contributed by atoms with E-state index in [1.807, 2.05) is 7.05 Å². The first-order valence-corrected chi connectivity index (χ1v) is 7.43. The van der Waals surface area contributed by atoms with Gasteiger partial charge in [-0.3, -0.25) is 4.68 Å². The Morgan fingerprint density at radius 2 is 2.20 bits per heavy atom. The number of aromatic nitrogens is 2. The van der Waals surface area contributed by atoms with Crippen LogP contribution >= 0.6 is 0 Å². The molecule has 0 spiro atoms. The predicted molar refractivity (Wildman–Crippen MR) is 75.4 cm³/mol. The molecular weight excluding hydrogens is 256 g/mol. The third-order valence-electron chi connectivity index (χ3n) is 4.02. The van der Waals surface area contributed by atoms with Crippen LogP contribution < -0.4 is 0 Å². The maximum Gasteiger partial charge on any atom is 0.341 e. The minimum absolute atomic E-state index is 0.286. The number of hydrogen-bond acceptors (Lipinski definition) is 4. The van der Waals surface area contributed by atoms with Crippen molar-refractivity contribution in [3.05, 3.63) is 17.5 Å². The Bertz CT molecular complexity index is 456. The maximum atomic E-state index is 11.9. The van der Waals surface area contributed by atoms with Crippen LogP contribution in [0.5, 0.6) is 0 Å². The molecule has 0 bridgehead atoms. The molecule has 1 aliphatic carbocycles. The van der Waals surface area contributed by atoms with Crippen LogP contribution in [0.4, 0.5) is 0 Å². The molecular formula is C15H24N2O3. The molecule has 1 aromatic heterocycles. The molecule has 5 heteroatoms. The first-order valence-electron chi connectivity index (χ1n) is 7.43. The summed E-state index contributed by atoms with van der Waals surface area (Å²) in [4.78, 5) is 11.9. The SMILES string of the molecule is CCOC(=O)c1cnn(C)c1COC1CCCCC1C. The molecule has 1 saturated carbocycles. The van der Waals surface area contributed by atoms with E-state index in [1.165, 1.54) is 19.3 Å². The van der Waals surface area contributed by atoms with Crippen molar-refractivity contribution in [3.8, 4) is 0 Å². The first kappa shape index (κ1) is 15.0. The molecule has 2 rings (SSSR count). The Morgan fingerprint density at radius 1 is 1.45 bits per heavy atom. The molecule has 0 aliphatic heterocycles. The van der Waals surface area contributed by atoms with E-state index in [1.54, 1.807) is 17.8 Å². The van der Waals surface area contributed by atoms with Gasteiger partial charge in [-0.1, -0.05) is 19.8 Å². The summed E-state index contributed by atoms with van der Waals surface area (Å²) in [6.07, 6.45) is 6.69. The molecule has 112 valence electrons. The highest BCUT2D eigenvalue weighted by molar-refractivity contribution is 5.90. The summed E-state index contributed by atoms with van der Waals surface area (Å²) < 4.78 is 12.8. The van der Waals surface area contributed by atoms with Gasteiger partial charge in [0.15, 0.2) is 0 Å². The molecule has 5 nitrogen and oxygen atoms in total. The fourth-order valence-corrected chi connectivity index (χ4v) is 2.73. The smallest absolute Gasteiger partial charge is 0.341 e. The second-order valence-corrected chi connectivity index (χ2v) is 5.46. The Labute approximate surface area is 120 Å². The van der Waals surface area contributed by atoms with E-state index >= 15 is 0 Å². The summed E-state index contributed by atoms with van der Waals surface area (Å²) in [5.74, 6) is 0.263. The van der Waals surface area contributed by atoms with Gasteiger partial charge < -0.3 is 9.47 Å². The molecule has 1 aliphatic rings. The summed E-state index contributed by atoms with van der Waals surface area (Å²) in [7, 11) is 1.83. The van der Waals surface area contributed by atoms with Gasteiger partial charge in [0.05, 0.1) is 31.2 Å². The van der Waals surface area contributed by atoms with Crippen LogP contribution in [0.1, 0.15) is 55.6 Å². The summed E-state index contributed by atoms with van der Waals surface area (Å²) >= 11 is 0. The van der Waals surface area contributed by atoms with Crippen molar-refractivity contribution in [2.24, 2.45) is 13.0 Å². The highest BCUT2D eigenvalue weighted by Gasteiger charge is 2.24. The van der Waals surface area contributed by atoms with E-state index in [0.29, 0.717) is 24.7 Å². The monoisotopic (exact) mass is 280 g/mol. The largest absolute Gasteiger partial charge is 0.462 e. The number of aryl methyl sites for hydroxylation is 1. The topological polar surface area (TPSA) is 53.3 Å². The number of hydrogen-bond donors (Lipinski definition) is 0. The number of carbonyl (C=O) groups is 1. The molecule has 0 N–H and O–H groups in total. The Balaban J connectivity index is 2.01. The van der Waals surface area contributed by atoms with Crippen LogP contribution in [0.15, 0.2) is 6.20 Å². The van der Waals surface area contributed by atoms with Crippen LogP contribution in [0.2, 0.25) is 0 Å². The quantitative estimate of drug-likeness (QED) is 0.778. The van der Waals surface area contributed by atoms with Crippen LogP contribution in [0.3, 0.4) is 0 Å². The lowest BCUT2D eigenvalue weighted by Crippen LogP contribution is -2.26. The fourth-order valence-electron chi connectivity index (χ4n) is 2.73. The molecule has 1 fully saturated rings. The van der Waals surface area contributed by atoms with Crippen LogP contribution in [-0.4, -0.2) is 28.5 Å². The molecule has 0 saturated heterocycles. The van der Waals surface area contributed by atoms with Crippen LogP contribution in [0, 0.1) is 5.92 Å². The minimum Gasteiger partial charge on any atom is -0.462 e. The molecule has 1 aromatic rings. The van der Waals surface area contributed by atoms with Crippen molar-refractivity contribution >= 4 is 5.97 Å². The van der Waals surface area contributed by atoms with E-state index in [4.69, 9.17) is 9.47 Å². The van der Waals surface area contributed by atoms with Crippen molar-refractivity contribution in [1.29, 1.82) is 0 Å². The Kier molecular flexibility index (Phi) is 5.17. The van der Waals surface area contributed by atoms with E-state index in [0.717, 1.165) is 12.1 Å². The first-order chi connectivity index (χ1) is 9.63. The normalized spacial score (nSPS) is 22.8. The standard InChI is InChI=1S/C15H24N2O3/c1-4-19-15(18)12-9-16-17(3)13(12)10-20-14-8-6-5-7-11(14)2/h9,11,14H,4-8,10H2,1-3H3. The Hall–Kier alpha value is -1.36. The highest BCUT2D eigenvalue weighted by atomic mass is 16.5. The molecule has 20 heavy (non-hydrogen) atoms. The van der Waals surface area contributed by atoms with E-state index in [2.05, 4.69) is 12.0 Å². The van der Waals surface area contributed by atoms with Gasteiger partial charge in [0.25, 0.3) is 0 Å². The van der Waals surface area contributed by atoms with Gasteiger partial charge in [0, 0.05) is 7.05 Å². The summed E-state index contributed by atoms with van der Waals surface area (Å²) in [6, 6.07) is 0. The second kappa shape index (κ2) is 6.88. The van der Waals surface area contributed by atoms with Gasteiger partial charge in [0.1, 0.15) is 5.56 Å². The van der Waals surface area contributed by atoms with Gasteiger partial charge in [-0.2, -0.15) is 5.10 Å². The highest BCUT2D eigenvalue weighted by Crippen LogP contribution is 2.27.